The first-order valence-corrected chi connectivity index (χ1v) is 7.30. The van der Waals surface area contributed by atoms with Gasteiger partial charge in [-0.25, -0.2) is 0 Å². The van der Waals surface area contributed by atoms with Crippen molar-refractivity contribution in [1.82, 2.24) is 0 Å². The highest BCUT2D eigenvalue weighted by atomic mass is 16.5. The van der Waals surface area contributed by atoms with E-state index in [0.717, 1.165) is 11.3 Å². The smallest absolute Gasteiger partial charge is 0.304 e. The van der Waals surface area contributed by atoms with Crippen molar-refractivity contribution >= 4 is 5.97 Å². The predicted molar refractivity (Wildman–Crippen MR) is 84.4 cm³/mol. The van der Waals surface area contributed by atoms with Gasteiger partial charge in [-0.05, 0) is 36.5 Å². The number of hydrogen-bond donors (Lipinski definition) is 1. The van der Waals surface area contributed by atoms with Gasteiger partial charge in [-0.2, -0.15) is 0 Å². The molecule has 1 N–H and O–H groups in total. The molecular formula is C18H24O3. The van der Waals surface area contributed by atoms with Gasteiger partial charge >= 0.3 is 5.97 Å². The third kappa shape index (κ3) is 5.91. The first-order valence-electron chi connectivity index (χ1n) is 7.30. The molecule has 1 aromatic rings. The number of benzene rings is 1. The molecule has 0 amide bonds. The van der Waals surface area contributed by atoms with Gasteiger partial charge < -0.3 is 9.84 Å². The Morgan fingerprint density at radius 1 is 1.24 bits per heavy atom. The van der Waals surface area contributed by atoms with E-state index >= 15 is 0 Å². The SMILES string of the molecule is CC#C[C@H](CC(=O)O)c1ccc(OC[C@H](C)C(C)C)cc1. The van der Waals surface area contributed by atoms with E-state index in [1.54, 1.807) is 6.92 Å². The molecule has 0 aromatic heterocycles. The molecule has 0 bridgehead atoms. The van der Waals surface area contributed by atoms with E-state index in [4.69, 9.17) is 9.84 Å². The molecule has 3 nitrogen and oxygen atoms in total. The first kappa shape index (κ1) is 17.1. The Labute approximate surface area is 127 Å². The van der Waals surface area contributed by atoms with Crippen molar-refractivity contribution in [2.45, 2.75) is 40.0 Å². The van der Waals surface area contributed by atoms with E-state index in [9.17, 15) is 4.79 Å². The lowest BCUT2D eigenvalue weighted by Gasteiger charge is -2.16. The average molecular weight is 288 g/mol. The minimum absolute atomic E-state index is 0.0193. The highest BCUT2D eigenvalue weighted by Gasteiger charge is 2.13. The summed E-state index contributed by atoms with van der Waals surface area (Å²) in [6.07, 6.45) is 0.0193. The Bertz CT molecular complexity index is 506. The van der Waals surface area contributed by atoms with Crippen molar-refractivity contribution in [3.05, 3.63) is 29.8 Å². The fraction of sp³-hybridized carbons (Fsp3) is 0.500. The van der Waals surface area contributed by atoms with E-state index in [1.165, 1.54) is 0 Å². The van der Waals surface area contributed by atoms with Crippen LogP contribution in [-0.2, 0) is 4.79 Å². The summed E-state index contributed by atoms with van der Waals surface area (Å²) in [5.41, 5.74) is 0.913. The molecule has 0 heterocycles. The van der Waals surface area contributed by atoms with Crippen LogP contribution in [0.3, 0.4) is 0 Å². The van der Waals surface area contributed by atoms with Crippen LogP contribution >= 0.6 is 0 Å². The quantitative estimate of drug-likeness (QED) is 0.773. The van der Waals surface area contributed by atoms with Crippen LogP contribution in [-0.4, -0.2) is 17.7 Å². The van der Waals surface area contributed by atoms with Gasteiger partial charge in [0.2, 0.25) is 0 Å². The lowest BCUT2D eigenvalue weighted by Crippen LogP contribution is -2.14. The van der Waals surface area contributed by atoms with E-state index in [2.05, 4.69) is 32.6 Å². The van der Waals surface area contributed by atoms with Crippen LogP contribution in [0.2, 0.25) is 0 Å². The highest BCUT2D eigenvalue weighted by molar-refractivity contribution is 5.69. The van der Waals surface area contributed by atoms with Gasteiger partial charge in [-0.3, -0.25) is 4.79 Å². The summed E-state index contributed by atoms with van der Waals surface area (Å²) in [5.74, 6) is 6.52. The molecule has 0 aliphatic carbocycles. The fourth-order valence-electron chi connectivity index (χ4n) is 1.82. The molecule has 0 aliphatic rings. The largest absolute Gasteiger partial charge is 0.493 e. The summed E-state index contributed by atoms with van der Waals surface area (Å²) in [5, 5.41) is 8.93. The first-order chi connectivity index (χ1) is 9.93. The normalized spacial score (nSPS) is 13.2. The molecule has 0 radical (unpaired) electrons. The molecule has 0 spiro atoms. The van der Waals surface area contributed by atoms with Crippen LogP contribution in [0.4, 0.5) is 0 Å². The number of aliphatic carboxylic acids is 1. The van der Waals surface area contributed by atoms with Gasteiger partial charge in [0.15, 0.2) is 0 Å². The molecule has 2 atom stereocenters. The molecule has 3 heteroatoms. The van der Waals surface area contributed by atoms with Crippen LogP contribution in [0.25, 0.3) is 0 Å². The van der Waals surface area contributed by atoms with Crippen LogP contribution < -0.4 is 4.74 Å². The summed E-state index contributed by atoms with van der Waals surface area (Å²) in [7, 11) is 0. The number of carboxylic acids is 1. The van der Waals surface area contributed by atoms with Gasteiger partial charge in [0.05, 0.1) is 18.9 Å². The maximum atomic E-state index is 10.9. The molecule has 114 valence electrons. The van der Waals surface area contributed by atoms with Crippen molar-refractivity contribution in [1.29, 1.82) is 0 Å². The molecule has 0 saturated carbocycles. The zero-order valence-electron chi connectivity index (χ0n) is 13.2. The summed E-state index contributed by atoms with van der Waals surface area (Å²) >= 11 is 0. The van der Waals surface area contributed by atoms with E-state index < -0.39 is 5.97 Å². The molecule has 1 aromatic carbocycles. The Kier molecular flexibility index (Phi) is 6.81. The van der Waals surface area contributed by atoms with Crippen molar-refractivity contribution in [3.63, 3.8) is 0 Å². The lowest BCUT2D eigenvalue weighted by atomic mass is 9.96. The van der Waals surface area contributed by atoms with Crippen LogP contribution in [0.5, 0.6) is 5.75 Å². The zero-order valence-corrected chi connectivity index (χ0v) is 13.2. The van der Waals surface area contributed by atoms with Crippen molar-refractivity contribution in [2.75, 3.05) is 6.61 Å². The summed E-state index contributed by atoms with van der Waals surface area (Å²) < 4.78 is 5.75. The van der Waals surface area contributed by atoms with E-state index in [0.29, 0.717) is 18.4 Å². The Morgan fingerprint density at radius 3 is 2.33 bits per heavy atom. The Morgan fingerprint density at radius 2 is 1.86 bits per heavy atom. The van der Waals surface area contributed by atoms with Crippen LogP contribution in [0, 0.1) is 23.7 Å². The standard InChI is InChI=1S/C18H24O3/c1-5-6-16(11-18(19)20)15-7-9-17(10-8-15)21-12-14(4)13(2)3/h7-10,13-14,16H,11-12H2,1-4H3,(H,19,20)/t14-,16+/m0/s1. The van der Waals surface area contributed by atoms with Crippen molar-refractivity contribution in [3.8, 4) is 17.6 Å². The average Bonchev–Trinajstić information content (AvgIpc) is 2.44. The second-order valence-corrected chi connectivity index (χ2v) is 5.65. The summed E-state index contributed by atoms with van der Waals surface area (Å²) in [6, 6.07) is 7.56. The van der Waals surface area contributed by atoms with Crippen LogP contribution in [0.1, 0.15) is 45.6 Å². The third-order valence-corrected chi connectivity index (χ3v) is 3.63. The van der Waals surface area contributed by atoms with Gasteiger partial charge in [0, 0.05) is 0 Å². The predicted octanol–water partition coefficient (Wildman–Crippen LogP) is 3.94. The fourth-order valence-corrected chi connectivity index (χ4v) is 1.82. The molecular weight excluding hydrogens is 264 g/mol. The van der Waals surface area contributed by atoms with Gasteiger partial charge in [0.1, 0.15) is 5.75 Å². The molecule has 0 unspecified atom stereocenters. The van der Waals surface area contributed by atoms with Gasteiger partial charge in [-0.15, -0.1) is 5.92 Å². The van der Waals surface area contributed by atoms with Crippen molar-refractivity contribution < 1.29 is 14.6 Å². The van der Waals surface area contributed by atoms with E-state index in [1.807, 2.05) is 24.3 Å². The third-order valence-electron chi connectivity index (χ3n) is 3.63. The molecule has 1 rings (SSSR count). The Hall–Kier alpha value is -1.95. The monoisotopic (exact) mass is 288 g/mol. The molecule has 0 saturated heterocycles. The maximum Gasteiger partial charge on any atom is 0.304 e. The topological polar surface area (TPSA) is 46.5 Å². The molecule has 21 heavy (non-hydrogen) atoms. The number of rotatable bonds is 7. The summed E-state index contributed by atoms with van der Waals surface area (Å²) in [4.78, 5) is 10.9. The van der Waals surface area contributed by atoms with Crippen molar-refractivity contribution in [2.24, 2.45) is 11.8 Å². The zero-order chi connectivity index (χ0) is 15.8. The number of ether oxygens (including phenoxy) is 1. The molecule has 0 aliphatic heterocycles. The second-order valence-electron chi connectivity index (χ2n) is 5.65. The number of carbonyl (C=O) groups is 1. The number of hydrogen-bond acceptors (Lipinski definition) is 2. The van der Waals surface area contributed by atoms with Gasteiger partial charge in [0.25, 0.3) is 0 Å². The van der Waals surface area contributed by atoms with Crippen LogP contribution in [0.15, 0.2) is 24.3 Å². The second kappa shape index (κ2) is 8.36. The lowest BCUT2D eigenvalue weighted by molar-refractivity contribution is -0.137. The highest BCUT2D eigenvalue weighted by Crippen LogP contribution is 2.23. The minimum atomic E-state index is -0.839. The Balaban J connectivity index is 2.71. The van der Waals surface area contributed by atoms with Gasteiger partial charge in [-0.1, -0.05) is 38.8 Å². The van der Waals surface area contributed by atoms with E-state index in [-0.39, 0.29) is 12.3 Å². The molecule has 0 fully saturated rings. The minimum Gasteiger partial charge on any atom is -0.493 e. The number of carboxylic acid groups (broad SMARTS) is 1. The maximum absolute atomic E-state index is 10.9. The summed E-state index contributed by atoms with van der Waals surface area (Å²) in [6.45, 7) is 8.93.